The van der Waals surface area contributed by atoms with Crippen molar-refractivity contribution in [3.05, 3.63) is 70.5 Å². The third-order valence-corrected chi connectivity index (χ3v) is 5.48. The minimum atomic E-state index is 0.567. The van der Waals surface area contributed by atoms with Gasteiger partial charge in [0, 0.05) is 48.5 Å². The number of rotatable bonds is 5. The first kappa shape index (κ1) is 19.6. The van der Waals surface area contributed by atoms with Crippen molar-refractivity contribution >= 4 is 46.2 Å². The van der Waals surface area contributed by atoms with Crippen molar-refractivity contribution in [1.82, 2.24) is 9.97 Å². The highest BCUT2D eigenvalue weighted by molar-refractivity contribution is 6.31. The molecule has 8 heteroatoms. The Hall–Kier alpha value is -2.70. The number of nitrogens with zero attached hydrogens (tertiary/aromatic N) is 4. The molecule has 1 fully saturated rings. The topological polar surface area (TPSA) is 70.3 Å². The maximum absolute atomic E-state index is 6.39. The number of nitrogen functional groups attached to an aromatic ring is 1. The van der Waals surface area contributed by atoms with Gasteiger partial charge in [0.15, 0.2) is 11.6 Å². The molecule has 6 nitrogen and oxygen atoms in total. The van der Waals surface area contributed by atoms with Crippen molar-refractivity contribution in [3.8, 4) is 0 Å². The molecule has 3 N–H and O–H groups in total. The number of anilines is 4. The fourth-order valence-electron chi connectivity index (χ4n) is 3.42. The van der Waals surface area contributed by atoms with Crippen LogP contribution in [0.2, 0.25) is 10.0 Å². The number of aromatic nitrogens is 2. The van der Waals surface area contributed by atoms with E-state index in [0.717, 1.165) is 53.3 Å². The molecule has 1 aliphatic rings. The maximum atomic E-state index is 6.39. The molecular formula is C21H22Cl2N6. The molecule has 4 rings (SSSR count). The number of hydrogen-bond donors (Lipinski definition) is 2. The lowest BCUT2D eigenvalue weighted by Gasteiger charge is -2.37. The van der Waals surface area contributed by atoms with Gasteiger partial charge in [0.25, 0.3) is 0 Å². The van der Waals surface area contributed by atoms with Crippen LogP contribution in [-0.4, -0.2) is 36.1 Å². The lowest BCUT2D eigenvalue weighted by atomic mass is 10.2. The molecule has 0 atom stereocenters. The SMILES string of the molecule is Nc1c(NCc2ccc(Cl)cc2)ncnc1N1CCN(c2cccc(Cl)c2)CC1. The number of nitrogens with two attached hydrogens (primary N) is 1. The summed E-state index contributed by atoms with van der Waals surface area (Å²) < 4.78 is 0. The molecule has 1 saturated heterocycles. The fraction of sp³-hybridized carbons (Fsp3) is 0.238. The second kappa shape index (κ2) is 8.76. The average Bonchev–Trinajstić information content (AvgIpc) is 2.74. The van der Waals surface area contributed by atoms with E-state index in [0.29, 0.717) is 18.1 Å². The Morgan fingerprint density at radius 2 is 1.62 bits per heavy atom. The van der Waals surface area contributed by atoms with E-state index in [2.05, 4.69) is 31.2 Å². The molecular weight excluding hydrogens is 407 g/mol. The van der Waals surface area contributed by atoms with Crippen LogP contribution in [0, 0.1) is 0 Å². The molecule has 3 aromatic rings. The molecule has 29 heavy (non-hydrogen) atoms. The summed E-state index contributed by atoms with van der Waals surface area (Å²) in [7, 11) is 0. The Labute approximate surface area is 180 Å². The first-order valence-electron chi connectivity index (χ1n) is 9.44. The van der Waals surface area contributed by atoms with Gasteiger partial charge >= 0.3 is 0 Å². The number of piperazine rings is 1. The standard InChI is InChI=1S/C21H22Cl2N6/c22-16-6-4-15(5-7-16)13-25-20-19(24)21(27-14-26-20)29-10-8-28(9-11-29)18-3-1-2-17(23)12-18/h1-7,12,14H,8-11,13,24H2,(H,25,26,27). The third kappa shape index (κ3) is 4.66. The zero-order chi connectivity index (χ0) is 20.2. The fourth-order valence-corrected chi connectivity index (χ4v) is 3.73. The molecule has 0 aliphatic carbocycles. The first-order chi connectivity index (χ1) is 14.1. The summed E-state index contributed by atoms with van der Waals surface area (Å²) in [6.45, 7) is 4.00. The van der Waals surface area contributed by atoms with Crippen LogP contribution >= 0.6 is 23.2 Å². The van der Waals surface area contributed by atoms with Gasteiger partial charge in [-0.05, 0) is 35.9 Å². The van der Waals surface area contributed by atoms with Crippen LogP contribution in [0.4, 0.5) is 23.0 Å². The number of halogens is 2. The summed E-state index contributed by atoms with van der Waals surface area (Å²) in [5.41, 5.74) is 9.19. The van der Waals surface area contributed by atoms with Crippen LogP contribution < -0.4 is 20.9 Å². The van der Waals surface area contributed by atoms with Crippen LogP contribution in [0.15, 0.2) is 54.9 Å². The normalized spacial score (nSPS) is 14.1. The van der Waals surface area contributed by atoms with Crippen molar-refractivity contribution in [2.75, 3.05) is 47.0 Å². The van der Waals surface area contributed by atoms with Gasteiger partial charge in [0.05, 0.1) is 0 Å². The van der Waals surface area contributed by atoms with E-state index in [1.165, 1.54) is 0 Å². The van der Waals surface area contributed by atoms with Gasteiger partial charge in [-0.25, -0.2) is 9.97 Å². The monoisotopic (exact) mass is 428 g/mol. The van der Waals surface area contributed by atoms with Crippen LogP contribution in [-0.2, 0) is 6.54 Å². The molecule has 0 radical (unpaired) electrons. The van der Waals surface area contributed by atoms with Gasteiger partial charge in [0.1, 0.15) is 12.0 Å². The molecule has 1 aromatic heterocycles. The Kier molecular flexibility index (Phi) is 5.92. The molecule has 0 spiro atoms. The van der Waals surface area contributed by atoms with E-state index in [4.69, 9.17) is 28.9 Å². The summed E-state index contributed by atoms with van der Waals surface area (Å²) in [5, 5.41) is 4.77. The van der Waals surface area contributed by atoms with E-state index < -0.39 is 0 Å². The number of nitrogens with one attached hydrogen (secondary N) is 1. The van der Waals surface area contributed by atoms with Gasteiger partial charge in [-0.1, -0.05) is 41.4 Å². The summed E-state index contributed by atoms with van der Waals surface area (Å²) in [6.07, 6.45) is 1.55. The van der Waals surface area contributed by atoms with Crippen molar-refractivity contribution < 1.29 is 0 Å². The lowest BCUT2D eigenvalue weighted by molar-refractivity contribution is 0.647. The first-order valence-corrected chi connectivity index (χ1v) is 10.2. The van der Waals surface area contributed by atoms with E-state index in [-0.39, 0.29) is 0 Å². The largest absolute Gasteiger partial charge is 0.393 e. The zero-order valence-electron chi connectivity index (χ0n) is 15.9. The van der Waals surface area contributed by atoms with Gasteiger partial charge in [-0.15, -0.1) is 0 Å². The van der Waals surface area contributed by atoms with Crippen molar-refractivity contribution in [2.45, 2.75) is 6.54 Å². The Morgan fingerprint density at radius 1 is 0.897 bits per heavy atom. The van der Waals surface area contributed by atoms with E-state index in [9.17, 15) is 0 Å². The minimum Gasteiger partial charge on any atom is -0.393 e. The quantitative estimate of drug-likeness (QED) is 0.630. The third-order valence-electron chi connectivity index (χ3n) is 4.99. The highest BCUT2D eigenvalue weighted by atomic mass is 35.5. The smallest absolute Gasteiger partial charge is 0.157 e. The molecule has 2 heterocycles. The molecule has 150 valence electrons. The lowest BCUT2D eigenvalue weighted by Crippen LogP contribution is -2.47. The molecule has 0 saturated carbocycles. The van der Waals surface area contributed by atoms with Crippen LogP contribution in [0.1, 0.15) is 5.56 Å². The van der Waals surface area contributed by atoms with Gasteiger partial charge in [-0.3, -0.25) is 0 Å². The maximum Gasteiger partial charge on any atom is 0.157 e. The molecule has 0 bridgehead atoms. The summed E-state index contributed by atoms with van der Waals surface area (Å²) >= 11 is 12.1. The highest BCUT2D eigenvalue weighted by Gasteiger charge is 2.21. The molecule has 0 amide bonds. The minimum absolute atomic E-state index is 0.567. The Morgan fingerprint density at radius 3 is 2.34 bits per heavy atom. The Bertz CT molecular complexity index is 971. The zero-order valence-corrected chi connectivity index (χ0v) is 17.4. The number of hydrogen-bond acceptors (Lipinski definition) is 6. The van der Waals surface area contributed by atoms with Crippen LogP contribution in [0.25, 0.3) is 0 Å². The second-order valence-electron chi connectivity index (χ2n) is 6.89. The summed E-state index contributed by atoms with van der Waals surface area (Å²) in [6, 6.07) is 15.6. The molecule has 2 aromatic carbocycles. The summed E-state index contributed by atoms with van der Waals surface area (Å²) in [4.78, 5) is 13.3. The average molecular weight is 429 g/mol. The Balaban J connectivity index is 1.41. The van der Waals surface area contributed by atoms with Crippen LogP contribution in [0.5, 0.6) is 0 Å². The van der Waals surface area contributed by atoms with Gasteiger partial charge in [0.2, 0.25) is 0 Å². The van der Waals surface area contributed by atoms with Crippen LogP contribution in [0.3, 0.4) is 0 Å². The van der Waals surface area contributed by atoms with Crippen molar-refractivity contribution in [2.24, 2.45) is 0 Å². The van der Waals surface area contributed by atoms with Crippen molar-refractivity contribution in [1.29, 1.82) is 0 Å². The van der Waals surface area contributed by atoms with E-state index in [1.807, 2.05) is 42.5 Å². The van der Waals surface area contributed by atoms with Gasteiger partial charge < -0.3 is 20.9 Å². The van der Waals surface area contributed by atoms with E-state index in [1.54, 1.807) is 6.33 Å². The van der Waals surface area contributed by atoms with E-state index >= 15 is 0 Å². The molecule has 0 unspecified atom stereocenters. The van der Waals surface area contributed by atoms with Crippen molar-refractivity contribution in [3.63, 3.8) is 0 Å². The second-order valence-corrected chi connectivity index (χ2v) is 7.77. The highest BCUT2D eigenvalue weighted by Crippen LogP contribution is 2.28. The molecule has 1 aliphatic heterocycles. The predicted molar refractivity (Wildman–Crippen MR) is 121 cm³/mol. The number of benzene rings is 2. The summed E-state index contributed by atoms with van der Waals surface area (Å²) in [5.74, 6) is 1.41. The van der Waals surface area contributed by atoms with Gasteiger partial charge in [-0.2, -0.15) is 0 Å². The predicted octanol–water partition coefficient (Wildman–Crippen LogP) is 4.30.